The highest BCUT2D eigenvalue weighted by Gasteiger charge is 2.24. The fourth-order valence-electron chi connectivity index (χ4n) is 3.07. The van der Waals surface area contributed by atoms with Gasteiger partial charge >= 0.3 is 0 Å². The molecule has 22 heavy (non-hydrogen) atoms. The summed E-state index contributed by atoms with van der Waals surface area (Å²) in [6.07, 6.45) is 6.84. The minimum atomic E-state index is 0.0930. The first kappa shape index (κ1) is 17.0. The lowest BCUT2D eigenvalue weighted by Crippen LogP contribution is -2.45. The average molecular weight is 308 g/mol. The summed E-state index contributed by atoms with van der Waals surface area (Å²) in [6, 6.07) is 0.609. The van der Waals surface area contributed by atoms with Crippen LogP contribution in [0.5, 0.6) is 0 Å². The maximum Gasteiger partial charge on any atom is 0.223 e. The topological polar surface area (TPSA) is 61.6 Å². The molecule has 1 aromatic heterocycles. The van der Waals surface area contributed by atoms with Gasteiger partial charge < -0.3 is 19.5 Å². The van der Waals surface area contributed by atoms with Crippen LogP contribution >= 0.6 is 0 Å². The van der Waals surface area contributed by atoms with Crippen molar-refractivity contribution in [2.45, 2.75) is 45.2 Å². The van der Waals surface area contributed by atoms with E-state index in [1.165, 1.54) is 0 Å². The van der Waals surface area contributed by atoms with Gasteiger partial charge in [-0.25, -0.2) is 4.98 Å². The Labute approximate surface area is 132 Å². The first-order valence-electron chi connectivity index (χ1n) is 8.24. The molecule has 0 bridgehead atoms. The summed E-state index contributed by atoms with van der Waals surface area (Å²) in [4.78, 5) is 21.0. The minimum absolute atomic E-state index is 0.0930. The average Bonchev–Trinajstić information content (AvgIpc) is 2.99. The fourth-order valence-corrected chi connectivity index (χ4v) is 3.07. The molecule has 0 aromatic carbocycles. The van der Waals surface area contributed by atoms with E-state index < -0.39 is 0 Å². The first-order valence-corrected chi connectivity index (χ1v) is 8.24. The summed E-state index contributed by atoms with van der Waals surface area (Å²) in [5.41, 5.74) is 0. The Bertz CT molecular complexity index is 466. The Morgan fingerprint density at radius 1 is 1.45 bits per heavy atom. The third kappa shape index (κ3) is 4.30. The zero-order valence-electron chi connectivity index (χ0n) is 13.7. The van der Waals surface area contributed by atoms with E-state index in [9.17, 15) is 4.79 Å². The maximum absolute atomic E-state index is 12.3. The van der Waals surface area contributed by atoms with Gasteiger partial charge in [0.15, 0.2) is 0 Å². The number of aromatic nitrogens is 2. The van der Waals surface area contributed by atoms with Crippen LogP contribution in [0.15, 0.2) is 12.4 Å². The molecule has 0 atom stereocenters. The van der Waals surface area contributed by atoms with Crippen LogP contribution in [0.1, 0.15) is 32.0 Å². The zero-order valence-corrected chi connectivity index (χ0v) is 13.7. The molecule has 6 heteroatoms. The fraction of sp³-hybridized carbons (Fsp3) is 0.750. The molecule has 1 saturated heterocycles. The molecule has 0 aliphatic carbocycles. The van der Waals surface area contributed by atoms with Crippen molar-refractivity contribution < 1.29 is 9.90 Å². The van der Waals surface area contributed by atoms with Crippen LogP contribution in [0, 0.1) is 0 Å². The number of aliphatic hydroxyl groups excluding tert-OH is 1. The number of hydrogen-bond acceptors (Lipinski definition) is 4. The van der Waals surface area contributed by atoms with Crippen molar-refractivity contribution in [2.24, 2.45) is 0 Å². The van der Waals surface area contributed by atoms with E-state index in [2.05, 4.69) is 23.9 Å². The van der Waals surface area contributed by atoms with E-state index in [0.29, 0.717) is 25.4 Å². The molecule has 1 aromatic rings. The number of amides is 1. The minimum Gasteiger partial charge on any atom is -0.395 e. The third-order valence-electron chi connectivity index (χ3n) is 4.64. The summed E-state index contributed by atoms with van der Waals surface area (Å²) in [6.45, 7) is 5.59. The van der Waals surface area contributed by atoms with Crippen LogP contribution < -0.4 is 0 Å². The second kappa shape index (κ2) is 8.29. The van der Waals surface area contributed by atoms with Gasteiger partial charge in [-0.1, -0.05) is 6.92 Å². The van der Waals surface area contributed by atoms with Gasteiger partial charge in [-0.2, -0.15) is 0 Å². The first-order chi connectivity index (χ1) is 10.7. The highest BCUT2D eigenvalue weighted by atomic mass is 16.3. The molecule has 0 saturated carbocycles. The molecule has 0 spiro atoms. The smallest absolute Gasteiger partial charge is 0.223 e. The zero-order chi connectivity index (χ0) is 15.9. The van der Waals surface area contributed by atoms with Crippen molar-refractivity contribution in [1.82, 2.24) is 19.4 Å². The van der Waals surface area contributed by atoms with Crippen molar-refractivity contribution in [3.63, 3.8) is 0 Å². The quantitative estimate of drug-likeness (QED) is 0.807. The number of carbonyl (C=O) groups excluding carboxylic acids is 1. The van der Waals surface area contributed by atoms with Gasteiger partial charge in [-0.3, -0.25) is 4.79 Å². The number of likely N-dealkylation sites (tertiary alicyclic amines) is 1. The van der Waals surface area contributed by atoms with Crippen molar-refractivity contribution in [3.05, 3.63) is 18.2 Å². The molecular formula is C16H28N4O2. The van der Waals surface area contributed by atoms with Gasteiger partial charge in [-0.15, -0.1) is 0 Å². The van der Waals surface area contributed by atoms with Gasteiger partial charge in [0.25, 0.3) is 0 Å². The van der Waals surface area contributed by atoms with E-state index in [1.54, 1.807) is 6.20 Å². The number of imidazole rings is 1. The molecule has 0 unspecified atom stereocenters. The van der Waals surface area contributed by atoms with Crippen LogP contribution in [-0.4, -0.2) is 69.7 Å². The third-order valence-corrected chi connectivity index (χ3v) is 4.64. The highest BCUT2D eigenvalue weighted by molar-refractivity contribution is 5.76. The van der Waals surface area contributed by atoms with Crippen LogP contribution in [0.2, 0.25) is 0 Å². The SMILES string of the molecule is CCN(C)C1CCN(C(=O)CCc2nccn2CCO)CC1. The largest absolute Gasteiger partial charge is 0.395 e. The molecule has 1 N–H and O–H groups in total. The van der Waals surface area contributed by atoms with Crippen molar-refractivity contribution in [2.75, 3.05) is 33.3 Å². The molecule has 1 fully saturated rings. The molecule has 1 aliphatic rings. The molecule has 6 nitrogen and oxygen atoms in total. The Kier molecular flexibility index (Phi) is 6.39. The normalized spacial score (nSPS) is 16.5. The summed E-state index contributed by atoms with van der Waals surface area (Å²) >= 11 is 0. The van der Waals surface area contributed by atoms with Gasteiger partial charge in [0.2, 0.25) is 5.91 Å². The molecule has 124 valence electrons. The standard InChI is InChI=1S/C16H28N4O2/c1-3-18(2)14-6-9-20(10-7-14)16(22)5-4-15-17-8-11-19(15)12-13-21/h8,11,14,21H,3-7,9-10,12-13H2,1-2H3. The lowest BCUT2D eigenvalue weighted by Gasteiger charge is -2.36. The van der Waals surface area contributed by atoms with Crippen LogP contribution in [0.4, 0.5) is 0 Å². The van der Waals surface area contributed by atoms with Gasteiger partial charge in [0.05, 0.1) is 6.61 Å². The van der Waals surface area contributed by atoms with Crippen LogP contribution in [0.25, 0.3) is 0 Å². The molecule has 2 rings (SSSR count). The van der Waals surface area contributed by atoms with E-state index >= 15 is 0 Å². The lowest BCUT2D eigenvalue weighted by molar-refractivity contribution is -0.132. The molecular weight excluding hydrogens is 280 g/mol. The second-order valence-corrected chi connectivity index (χ2v) is 5.95. The predicted octanol–water partition coefficient (Wildman–Crippen LogP) is 0.751. The summed E-state index contributed by atoms with van der Waals surface area (Å²) in [5, 5.41) is 9.01. The second-order valence-electron chi connectivity index (χ2n) is 5.95. The number of aliphatic hydroxyl groups is 1. The Balaban J connectivity index is 1.77. The Morgan fingerprint density at radius 2 is 2.18 bits per heavy atom. The number of rotatable bonds is 7. The van der Waals surface area contributed by atoms with Crippen LogP contribution in [-0.2, 0) is 17.8 Å². The monoisotopic (exact) mass is 308 g/mol. The van der Waals surface area contributed by atoms with Crippen molar-refractivity contribution in [1.29, 1.82) is 0 Å². The van der Waals surface area contributed by atoms with Gasteiger partial charge in [0.1, 0.15) is 5.82 Å². The molecule has 1 amide bonds. The number of aryl methyl sites for hydroxylation is 1. The number of nitrogens with zero attached hydrogens (tertiary/aromatic N) is 4. The Morgan fingerprint density at radius 3 is 2.82 bits per heavy atom. The highest BCUT2D eigenvalue weighted by Crippen LogP contribution is 2.16. The van der Waals surface area contributed by atoms with E-state index in [4.69, 9.17) is 5.11 Å². The number of hydrogen-bond donors (Lipinski definition) is 1. The van der Waals surface area contributed by atoms with E-state index in [1.807, 2.05) is 15.7 Å². The number of carbonyl (C=O) groups is 1. The summed E-state index contributed by atoms with van der Waals surface area (Å²) in [5.74, 6) is 1.10. The Hall–Kier alpha value is -1.40. The van der Waals surface area contributed by atoms with Crippen molar-refractivity contribution >= 4 is 5.91 Å². The van der Waals surface area contributed by atoms with Crippen LogP contribution in [0.3, 0.4) is 0 Å². The molecule has 1 aliphatic heterocycles. The molecule has 2 heterocycles. The van der Waals surface area contributed by atoms with E-state index in [-0.39, 0.29) is 12.5 Å². The predicted molar refractivity (Wildman–Crippen MR) is 85.5 cm³/mol. The van der Waals surface area contributed by atoms with Gasteiger partial charge in [0, 0.05) is 50.9 Å². The van der Waals surface area contributed by atoms with Crippen molar-refractivity contribution in [3.8, 4) is 0 Å². The maximum atomic E-state index is 12.3. The summed E-state index contributed by atoms with van der Waals surface area (Å²) in [7, 11) is 2.16. The lowest BCUT2D eigenvalue weighted by atomic mass is 10.0. The number of piperidine rings is 1. The van der Waals surface area contributed by atoms with E-state index in [0.717, 1.165) is 38.3 Å². The summed E-state index contributed by atoms with van der Waals surface area (Å²) < 4.78 is 1.91. The van der Waals surface area contributed by atoms with Gasteiger partial charge in [-0.05, 0) is 26.4 Å². The molecule has 0 radical (unpaired) electrons.